The number of nitrogens with zero attached hydrogens (tertiary/aromatic N) is 3. The normalized spacial score (nSPS) is 18.1. The summed E-state index contributed by atoms with van der Waals surface area (Å²) in [4.78, 5) is 108. The Morgan fingerprint density at radius 2 is 1.47 bits per heavy atom. The fourth-order valence-corrected chi connectivity index (χ4v) is 12.2. The number of carboxylic acid groups (broad SMARTS) is 3. The number of ketones is 1. The van der Waals surface area contributed by atoms with Crippen LogP contribution in [0, 0.1) is 41.4 Å². The van der Waals surface area contributed by atoms with Crippen molar-refractivity contribution in [3.05, 3.63) is 60.2 Å². The molecule has 0 aromatic heterocycles. The maximum Gasteiger partial charge on any atom is 0.328 e. The Morgan fingerprint density at radius 3 is 2.04 bits per heavy atom. The summed E-state index contributed by atoms with van der Waals surface area (Å²) in [6.45, 7) is 16.5. The molecule has 7 N–H and O–H groups in total. The first-order valence-electron chi connectivity index (χ1n) is 27.4. The molecule has 1 aliphatic rings. The first-order valence-corrected chi connectivity index (χ1v) is 29.3. The SMILES string of the molecule is CC[C@H](C)[C@@H]([C@@H](CC(=O)N1CCC[C@H]1[C@H](OC)[C@@H](C)C(=O)C[C@@H](Cc1ccccc1)C(=O)O)OC)N(C)C(=O)[C@@H](CC(C)[C@H](C(C)C)N(C)C(=O)CCOCCCP(=O)(NNC/C=C\C(=O)O)NNC(=O)/C=C\C(=O)O)C(C)C. The molecule has 4 amide bonds. The average molecular weight is 1130 g/mol. The van der Waals surface area contributed by atoms with E-state index in [1.165, 1.54) is 13.2 Å². The molecule has 1 aromatic rings. The van der Waals surface area contributed by atoms with Crippen LogP contribution < -0.4 is 21.2 Å². The minimum atomic E-state index is -3.62. The molecule has 2 unspecified atom stereocenters. The van der Waals surface area contributed by atoms with Gasteiger partial charge >= 0.3 is 17.9 Å². The monoisotopic (exact) mass is 1130 g/mol. The molecule has 0 bridgehead atoms. The smallest absolute Gasteiger partial charge is 0.328 e. The maximum atomic E-state index is 14.9. The molecule has 1 heterocycles. The predicted molar refractivity (Wildman–Crippen MR) is 299 cm³/mol. The molecular weight excluding hydrogens is 1040 g/mol. The second-order valence-electron chi connectivity index (χ2n) is 21.5. The molecule has 11 atom stereocenters. The van der Waals surface area contributed by atoms with Gasteiger partial charge < -0.3 is 44.2 Å². The summed E-state index contributed by atoms with van der Waals surface area (Å²) in [5, 5.41) is 32.6. The molecule has 0 aliphatic carbocycles. The van der Waals surface area contributed by atoms with Crippen molar-refractivity contribution in [1.82, 2.24) is 35.9 Å². The summed E-state index contributed by atoms with van der Waals surface area (Å²) in [5.41, 5.74) is 5.59. The number of aliphatic carboxylic acids is 3. The van der Waals surface area contributed by atoms with E-state index in [0.717, 1.165) is 17.7 Å². The van der Waals surface area contributed by atoms with E-state index in [2.05, 4.69) is 21.2 Å². The van der Waals surface area contributed by atoms with Gasteiger partial charge in [0.1, 0.15) is 5.78 Å². The van der Waals surface area contributed by atoms with E-state index in [9.17, 15) is 48.0 Å². The third-order valence-corrected chi connectivity index (χ3v) is 17.0. The van der Waals surface area contributed by atoms with Gasteiger partial charge in [0.15, 0.2) is 0 Å². The zero-order chi connectivity index (χ0) is 59.6. The second kappa shape index (κ2) is 35.4. The lowest BCUT2D eigenvalue weighted by Crippen LogP contribution is -2.54. The molecule has 1 aromatic carbocycles. The van der Waals surface area contributed by atoms with Crippen molar-refractivity contribution in [2.75, 3.05) is 60.8 Å². The predicted octanol–water partition coefficient (Wildman–Crippen LogP) is 5.58. The van der Waals surface area contributed by atoms with Gasteiger partial charge in [0.2, 0.25) is 25.2 Å². The molecule has 0 radical (unpaired) electrons. The third-order valence-electron chi connectivity index (χ3n) is 15.0. The van der Waals surface area contributed by atoms with Crippen molar-refractivity contribution in [3.63, 3.8) is 0 Å². The Balaban J connectivity index is 2.15. The number of likely N-dealkylation sites (tertiary alicyclic amines) is 1. The van der Waals surface area contributed by atoms with Gasteiger partial charge in [-0.15, -0.1) is 0 Å². The van der Waals surface area contributed by atoms with Gasteiger partial charge in [-0.05, 0) is 61.3 Å². The lowest BCUT2D eigenvalue weighted by Gasteiger charge is -2.42. The topological polar surface area (TPSA) is 300 Å². The van der Waals surface area contributed by atoms with Crippen molar-refractivity contribution in [3.8, 4) is 0 Å². The molecular formula is C56H92N7O15P. The number of hydrazine groups is 2. The molecule has 2 rings (SSSR count). The van der Waals surface area contributed by atoms with Crippen molar-refractivity contribution in [2.24, 2.45) is 41.4 Å². The Bertz CT molecular complexity index is 2230. The standard InChI is InChI=1S/C56H92N7O15P/c1-13-38(6)53(46(76-11)35-49(67)63-28-18-22-44(63)54(77-12)40(8)45(64)34-42(56(73)74)33-41-20-15-14-16-21-41)62(10)55(72)43(36(2)3)32-39(7)52(37(4)5)61(9)48(66)26-30-78-29-19-31-79(75,59-57-27-17-23-50(68)69)60-58-47(65)24-25-51(70)71/h14-17,20-21,23-25,36-40,42-44,46,52-54,57H,13,18-19,22,26-35H2,1-12H3,(H,58,65)(H,68,69)(H,70,71)(H,73,74)(H2,59,60,75)/b23-17-,25-24-/t38-,39?,40-,42+,43-,44-,46+,52-,53-,54+,79?/m0/s1. The first kappa shape index (κ1) is 69.8. The van der Waals surface area contributed by atoms with Crippen molar-refractivity contribution >= 4 is 54.8 Å². The molecule has 446 valence electrons. The van der Waals surface area contributed by atoms with Crippen molar-refractivity contribution in [1.29, 1.82) is 0 Å². The van der Waals surface area contributed by atoms with Gasteiger partial charge in [-0.1, -0.05) is 98.2 Å². The summed E-state index contributed by atoms with van der Waals surface area (Å²) in [5.74, 6) is -7.48. The Hall–Kier alpha value is -5.35. The van der Waals surface area contributed by atoms with E-state index in [1.807, 2.05) is 78.8 Å². The van der Waals surface area contributed by atoms with Crippen LogP contribution in [-0.2, 0) is 63.6 Å². The van der Waals surface area contributed by atoms with Crippen LogP contribution in [0.2, 0.25) is 0 Å². The molecule has 0 spiro atoms. The van der Waals surface area contributed by atoms with Crippen LogP contribution in [0.25, 0.3) is 0 Å². The third kappa shape index (κ3) is 23.3. The largest absolute Gasteiger partial charge is 0.481 e. The minimum Gasteiger partial charge on any atom is -0.481 e. The van der Waals surface area contributed by atoms with Gasteiger partial charge in [-0.2, -0.15) is 10.4 Å². The summed E-state index contributed by atoms with van der Waals surface area (Å²) >= 11 is 0. The van der Waals surface area contributed by atoms with Crippen LogP contribution in [0.5, 0.6) is 0 Å². The number of benzene rings is 1. The number of carboxylic acids is 3. The number of ether oxygens (including phenoxy) is 3. The number of Topliss-reactive ketones (excluding diaryl/α,β-unsaturated/α-hetero) is 1. The molecule has 1 saturated heterocycles. The highest BCUT2D eigenvalue weighted by molar-refractivity contribution is 7.59. The van der Waals surface area contributed by atoms with E-state index in [1.54, 1.807) is 42.8 Å². The van der Waals surface area contributed by atoms with Crippen LogP contribution >= 0.6 is 7.44 Å². The quantitative estimate of drug-likeness (QED) is 0.0183. The van der Waals surface area contributed by atoms with Crippen molar-refractivity contribution < 1.29 is 72.5 Å². The number of carbonyl (C=O) groups is 8. The fourth-order valence-electron chi connectivity index (χ4n) is 10.7. The number of hydrogen-bond donors (Lipinski definition) is 7. The zero-order valence-electron chi connectivity index (χ0n) is 48.6. The first-order chi connectivity index (χ1) is 37.2. The molecule has 79 heavy (non-hydrogen) atoms. The number of methoxy groups -OCH3 is 2. The Morgan fingerprint density at radius 1 is 0.810 bits per heavy atom. The lowest BCUT2D eigenvalue weighted by atomic mass is 9.79. The molecule has 23 heteroatoms. The summed E-state index contributed by atoms with van der Waals surface area (Å²) in [7, 11) is 2.95. The van der Waals surface area contributed by atoms with Gasteiger partial charge in [0.25, 0.3) is 5.91 Å². The highest BCUT2D eigenvalue weighted by Gasteiger charge is 2.44. The van der Waals surface area contributed by atoms with Crippen LogP contribution in [-0.4, -0.2) is 168 Å². The highest BCUT2D eigenvalue weighted by Crippen LogP contribution is 2.36. The number of hydrogen-bond acceptors (Lipinski definition) is 13. The van der Waals surface area contributed by atoms with E-state index < -0.39 is 73.3 Å². The van der Waals surface area contributed by atoms with Gasteiger partial charge in [0, 0.05) is 96.7 Å². The van der Waals surface area contributed by atoms with Crippen LogP contribution in [0.3, 0.4) is 0 Å². The number of carbonyl (C=O) groups excluding carboxylic acids is 5. The molecule has 1 fully saturated rings. The second-order valence-corrected chi connectivity index (χ2v) is 23.8. The zero-order valence-corrected chi connectivity index (χ0v) is 49.4. The molecule has 0 saturated carbocycles. The van der Waals surface area contributed by atoms with Crippen LogP contribution in [0.4, 0.5) is 0 Å². The minimum absolute atomic E-state index is 0.0132. The number of nitrogens with one attached hydrogen (secondary N) is 4. The Labute approximate surface area is 467 Å². The maximum absolute atomic E-state index is 14.9. The van der Waals surface area contributed by atoms with Gasteiger partial charge in [0.05, 0.1) is 49.7 Å². The van der Waals surface area contributed by atoms with Crippen LogP contribution in [0.15, 0.2) is 54.6 Å². The molecule has 22 nitrogen and oxygen atoms in total. The number of likely N-dealkylation sites (N-methyl/N-ethyl adjacent to an activating group) is 1. The summed E-state index contributed by atoms with van der Waals surface area (Å²) in [6.07, 6.45) is 4.78. The molecule has 1 aliphatic heterocycles. The van der Waals surface area contributed by atoms with Gasteiger partial charge in [-0.3, -0.25) is 38.8 Å². The van der Waals surface area contributed by atoms with E-state index >= 15 is 0 Å². The van der Waals surface area contributed by atoms with E-state index in [4.69, 9.17) is 24.4 Å². The van der Waals surface area contributed by atoms with E-state index in [-0.39, 0.29) is 111 Å². The van der Waals surface area contributed by atoms with Crippen LogP contribution in [0.1, 0.15) is 112 Å². The summed E-state index contributed by atoms with van der Waals surface area (Å²) in [6, 6.07) is 8.02. The fraction of sp³-hybridized carbons (Fsp3) is 0.679. The highest BCUT2D eigenvalue weighted by atomic mass is 31.2. The average Bonchev–Trinajstić information content (AvgIpc) is 3.94. The number of amides is 4. The number of rotatable bonds is 39. The van der Waals surface area contributed by atoms with Crippen molar-refractivity contribution in [2.45, 2.75) is 144 Å². The van der Waals surface area contributed by atoms with Gasteiger partial charge in [-0.25, -0.2) is 15.0 Å². The summed E-state index contributed by atoms with van der Waals surface area (Å²) < 4.78 is 31.4. The van der Waals surface area contributed by atoms with E-state index in [0.29, 0.717) is 38.3 Å². The lowest BCUT2D eigenvalue weighted by molar-refractivity contribution is -0.149. The Kier molecular flexibility index (Phi) is 31.3.